The highest BCUT2D eigenvalue weighted by Gasteiger charge is 2.43. The van der Waals surface area contributed by atoms with Crippen molar-refractivity contribution in [1.29, 1.82) is 0 Å². The lowest BCUT2D eigenvalue weighted by atomic mass is 9.79. The molecular formula is C27H32I3NO6. The maximum atomic E-state index is 12.7. The van der Waals surface area contributed by atoms with Crippen LogP contribution in [0.1, 0.15) is 61.3 Å². The van der Waals surface area contributed by atoms with E-state index in [0.29, 0.717) is 5.56 Å². The van der Waals surface area contributed by atoms with Gasteiger partial charge in [-0.25, -0.2) is 9.59 Å². The summed E-state index contributed by atoms with van der Waals surface area (Å²) >= 11 is 6.45. The molecule has 10 heteroatoms. The number of halogens is 3. The number of aliphatic hydroxyl groups is 1. The predicted octanol–water partition coefficient (Wildman–Crippen LogP) is 5.91. The highest BCUT2D eigenvalue weighted by atomic mass is 127. The third-order valence-corrected chi connectivity index (χ3v) is 10.4. The van der Waals surface area contributed by atoms with E-state index < -0.39 is 18.0 Å². The van der Waals surface area contributed by atoms with Crippen LogP contribution < -0.4 is 4.74 Å². The molecule has 202 valence electrons. The Morgan fingerprint density at radius 1 is 1.03 bits per heavy atom. The Morgan fingerprint density at radius 3 is 2.32 bits per heavy atom. The van der Waals surface area contributed by atoms with Crippen molar-refractivity contribution in [3.63, 3.8) is 0 Å². The van der Waals surface area contributed by atoms with E-state index in [1.165, 1.54) is 6.07 Å². The standard InChI is InChI=1S/C27H32I3NO6/c1-26(2)12-20(13-27(3,4)31(26)5)35-14-18(32)15-36-24(33)16-7-6-8-19(9-16)37-25(34)21-10-17(28)11-22(29)23(21)30/h6-11,18,20,32H,12-15H2,1-5H3. The quantitative estimate of drug-likeness (QED) is 0.153. The number of hydrogen-bond donors (Lipinski definition) is 1. The average Bonchev–Trinajstić information content (AvgIpc) is 2.81. The minimum atomic E-state index is -0.944. The van der Waals surface area contributed by atoms with E-state index in [1.54, 1.807) is 24.3 Å². The zero-order valence-corrected chi connectivity index (χ0v) is 28.0. The normalized spacial score (nSPS) is 18.3. The molecule has 0 amide bonds. The summed E-state index contributed by atoms with van der Waals surface area (Å²) in [7, 11) is 2.13. The molecule has 1 atom stereocenters. The highest BCUT2D eigenvalue weighted by Crippen LogP contribution is 2.38. The number of carbonyl (C=O) groups is 2. The van der Waals surface area contributed by atoms with Crippen molar-refractivity contribution in [3.05, 3.63) is 58.2 Å². The van der Waals surface area contributed by atoms with Crippen LogP contribution in [-0.2, 0) is 9.47 Å². The lowest BCUT2D eigenvalue weighted by molar-refractivity contribution is -0.110. The summed E-state index contributed by atoms with van der Waals surface area (Å²) < 4.78 is 19.5. The summed E-state index contributed by atoms with van der Waals surface area (Å²) in [6.07, 6.45) is 0.773. The Hall–Kier alpha value is -0.550. The topological polar surface area (TPSA) is 85.3 Å². The minimum absolute atomic E-state index is 0.0113. The maximum absolute atomic E-state index is 12.7. The Labute approximate surface area is 259 Å². The van der Waals surface area contributed by atoms with Gasteiger partial charge in [-0.05, 0) is 146 Å². The highest BCUT2D eigenvalue weighted by molar-refractivity contribution is 14.1. The number of aliphatic hydroxyl groups excluding tert-OH is 1. The molecule has 0 bridgehead atoms. The molecular weight excluding hydrogens is 815 g/mol. The molecule has 1 unspecified atom stereocenters. The first-order chi connectivity index (χ1) is 17.2. The zero-order valence-electron chi connectivity index (χ0n) is 21.5. The molecule has 0 radical (unpaired) electrons. The molecule has 3 rings (SSSR count). The van der Waals surface area contributed by atoms with Crippen LogP contribution in [0.25, 0.3) is 0 Å². The third-order valence-electron chi connectivity index (χ3n) is 6.69. The fraction of sp³-hybridized carbons (Fsp3) is 0.481. The number of benzene rings is 2. The Kier molecular flexibility index (Phi) is 10.7. The molecule has 2 aromatic rings. The van der Waals surface area contributed by atoms with E-state index in [9.17, 15) is 14.7 Å². The number of rotatable bonds is 8. The number of carbonyl (C=O) groups excluding carboxylic acids is 2. The van der Waals surface area contributed by atoms with Crippen LogP contribution in [-0.4, -0.2) is 65.5 Å². The van der Waals surface area contributed by atoms with E-state index >= 15 is 0 Å². The van der Waals surface area contributed by atoms with Gasteiger partial charge < -0.3 is 19.3 Å². The summed E-state index contributed by atoms with van der Waals surface area (Å²) in [5, 5.41) is 10.4. The molecule has 1 aliphatic rings. The van der Waals surface area contributed by atoms with Crippen molar-refractivity contribution >= 4 is 79.7 Å². The van der Waals surface area contributed by atoms with Gasteiger partial charge in [0.1, 0.15) is 18.5 Å². The number of esters is 2. The van der Waals surface area contributed by atoms with Crippen molar-refractivity contribution in [2.45, 2.75) is 63.8 Å². The van der Waals surface area contributed by atoms with Crippen molar-refractivity contribution in [3.8, 4) is 5.75 Å². The number of nitrogens with zero attached hydrogens (tertiary/aromatic N) is 1. The summed E-state index contributed by atoms with van der Waals surface area (Å²) in [5.74, 6) is -0.878. The molecule has 0 spiro atoms. The van der Waals surface area contributed by atoms with Crippen LogP contribution in [0.15, 0.2) is 36.4 Å². The molecule has 7 nitrogen and oxygen atoms in total. The Balaban J connectivity index is 1.53. The number of piperidine rings is 1. The molecule has 1 N–H and O–H groups in total. The van der Waals surface area contributed by atoms with Crippen LogP contribution in [0.2, 0.25) is 0 Å². The van der Waals surface area contributed by atoms with Gasteiger partial charge in [0.25, 0.3) is 0 Å². The number of hydrogen-bond acceptors (Lipinski definition) is 7. The minimum Gasteiger partial charge on any atom is -0.459 e. The first-order valence-corrected chi connectivity index (χ1v) is 15.1. The van der Waals surface area contributed by atoms with Crippen LogP contribution in [0.5, 0.6) is 5.75 Å². The number of likely N-dealkylation sites (tertiary alicyclic amines) is 1. The predicted molar refractivity (Wildman–Crippen MR) is 167 cm³/mol. The van der Waals surface area contributed by atoms with Gasteiger partial charge in [0.2, 0.25) is 0 Å². The Morgan fingerprint density at radius 2 is 1.68 bits per heavy atom. The summed E-state index contributed by atoms with van der Waals surface area (Å²) in [5.41, 5.74) is 0.649. The van der Waals surface area contributed by atoms with Crippen molar-refractivity contribution in [2.75, 3.05) is 20.3 Å². The van der Waals surface area contributed by atoms with Gasteiger partial charge in [0, 0.05) is 21.8 Å². The number of ether oxygens (including phenoxy) is 3. The fourth-order valence-corrected chi connectivity index (χ4v) is 6.88. The Bertz CT molecular complexity index is 1130. The molecule has 37 heavy (non-hydrogen) atoms. The molecule has 0 aliphatic carbocycles. The summed E-state index contributed by atoms with van der Waals surface area (Å²) in [6.45, 7) is 8.65. The summed E-state index contributed by atoms with van der Waals surface area (Å²) in [4.78, 5) is 27.7. The largest absolute Gasteiger partial charge is 0.459 e. The molecule has 1 heterocycles. The van der Waals surface area contributed by atoms with Gasteiger partial charge in [-0.15, -0.1) is 0 Å². The van der Waals surface area contributed by atoms with E-state index in [0.717, 1.165) is 23.6 Å². The second-order valence-electron chi connectivity index (χ2n) is 10.5. The third kappa shape index (κ3) is 8.22. The lowest BCUT2D eigenvalue weighted by Gasteiger charge is -2.53. The molecule has 1 saturated heterocycles. The van der Waals surface area contributed by atoms with Crippen LogP contribution in [0, 0.1) is 10.7 Å². The second kappa shape index (κ2) is 12.7. The second-order valence-corrected chi connectivity index (χ2v) is 14.0. The van der Waals surface area contributed by atoms with Crippen LogP contribution in [0.4, 0.5) is 0 Å². The van der Waals surface area contributed by atoms with E-state index in [1.807, 2.05) is 6.07 Å². The van der Waals surface area contributed by atoms with Crippen molar-refractivity contribution in [1.82, 2.24) is 4.90 Å². The average molecular weight is 847 g/mol. The van der Waals surface area contributed by atoms with Gasteiger partial charge in [-0.1, -0.05) is 6.07 Å². The van der Waals surface area contributed by atoms with Crippen molar-refractivity contribution in [2.24, 2.45) is 0 Å². The van der Waals surface area contributed by atoms with Crippen molar-refractivity contribution < 1.29 is 28.9 Å². The summed E-state index contributed by atoms with van der Waals surface area (Å²) in [6, 6.07) is 9.99. The SMILES string of the molecule is CN1C(C)(C)CC(OCC(O)COC(=O)c2cccc(OC(=O)c3cc(I)cc(I)c3I)c2)CC1(C)C. The van der Waals surface area contributed by atoms with E-state index in [-0.39, 0.29) is 41.7 Å². The van der Waals surface area contributed by atoms with E-state index in [4.69, 9.17) is 14.2 Å². The smallest absolute Gasteiger partial charge is 0.344 e. The van der Waals surface area contributed by atoms with Gasteiger partial charge in [-0.2, -0.15) is 0 Å². The van der Waals surface area contributed by atoms with Gasteiger partial charge in [-0.3, -0.25) is 4.90 Å². The monoisotopic (exact) mass is 847 g/mol. The molecule has 2 aromatic carbocycles. The molecule has 0 aromatic heterocycles. The van der Waals surface area contributed by atoms with Gasteiger partial charge in [0.05, 0.1) is 23.8 Å². The first kappa shape index (κ1) is 31.0. The molecule has 1 fully saturated rings. The van der Waals surface area contributed by atoms with Gasteiger partial charge >= 0.3 is 11.9 Å². The molecule has 0 saturated carbocycles. The van der Waals surface area contributed by atoms with E-state index in [2.05, 4.69) is 107 Å². The van der Waals surface area contributed by atoms with Gasteiger partial charge in [0.15, 0.2) is 0 Å². The van der Waals surface area contributed by atoms with Crippen LogP contribution in [0.3, 0.4) is 0 Å². The maximum Gasteiger partial charge on any atom is 0.344 e. The molecule has 1 aliphatic heterocycles. The first-order valence-electron chi connectivity index (χ1n) is 11.9. The fourth-order valence-electron chi connectivity index (χ4n) is 4.50. The lowest BCUT2D eigenvalue weighted by Crippen LogP contribution is -2.60. The van der Waals surface area contributed by atoms with Crippen LogP contribution >= 0.6 is 67.8 Å². The zero-order chi connectivity index (χ0) is 27.5.